The Bertz CT molecular complexity index is 268. The first-order valence-electron chi connectivity index (χ1n) is 5.70. The van der Waals surface area contributed by atoms with E-state index in [0.717, 1.165) is 23.9 Å². The second kappa shape index (κ2) is 5.68. The van der Waals surface area contributed by atoms with Gasteiger partial charge in [-0.3, -0.25) is 0 Å². The van der Waals surface area contributed by atoms with Gasteiger partial charge in [0.1, 0.15) is 12.6 Å². The van der Waals surface area contributed by atoms with Crippen LogP contribution < -0.4 is 4.89 Å². The Hall–Kier alpha value is 0.880. The predicted octanol–water partition coefficient (Wildman–Crippen LogP) is 1.78. The van der Waals surface area contributed by atoms with Crippen molar-refractivity contribution in [2.45, 2.75) is 31.8 Å². The van der Waals surface area contributed by atoms with Crippen LogP contribution in [0, 0.1) is 5.92 Å². The summed E-state index contributed by atoms with van der Waals surface area (Å²) in [6.07, 6.45) is 4.80. The van der Waals surface area contributed by atoms with Crippen molar-refractivity contribution in [1.82, 2.24) is 0 Å². The summed E-state index contributed by atoms with van der Waals surface area (Å²) in [5.74, 6) is 0.501. The van der Waals surface area contributed by atoms with E-state index in [1.54, 1.807) is 0 Å². The van der Waals surface area contributed by atoms with E-state index >= 15 is 0 Å². The Morgan fingerprint density at radius 3 is 2.31 bits per heavy atom. The first-order chi connectivity index (χ1) is 7.17. The average molecular weight is 283 g/mol. The highest BCUT2D eigenvalue weighted by Crippen LogP contribution is 2.46. The molecule has 1 aliphatic rings. The molecule has 3 nitrogen and oxygen atoms in total. The second-order valence-corrected chi connectivity index (χ2v) is 10.6. The summed E-state index contributed by atoms with van der Waals surface area (Å²) >= 11 is 8.65. The lowest BCUT2D eigenvalue weighted by molar-refractivity contribution is -0.873. The van der Waals surface area contributed by atoms with Crippen molar-refractivity contribution in [2.75, 3.05) is 27.7 Å². The number of hydrogen-bond donors (Lipinski definition) is 1. The molecule has 0 N–H and O–H groups in total. The Morgan fingerprint density at radius 1 is 1.44 bits per heavy atom. The predicted molar refractivity (Wildman–Crippen MR) is 73.0 cm³/mol. The van der Waals surface area contributed by atoms with Gasteiger partial charge in [-0.25, -0.2) is 0 Å². The fourth-order valence-corrected chi connectivity index (χ4v) is 3.58. The van der Waals surface area contributed by atoms with Gasteiger partial charge in [0, 0.05) is 5.69 Å². The summed E-state index contributed by atoms with van der Waals surface area (Å²) in [5, 5.41) is 0. The minimum atomic E-state index is -3.09. The molecule has 2 atom stereocenters. The third-order valence-corrected chi connectivity index (χ3v) is 4.00. The van der Waals surface area contributed by atoms with Gasteiger partial charge in [0.25, 0.3) is 0 Å². The summed E-state index contributed by atoms with van der Waals surface area (Å²) in [6, 6.07) is 0. The first-order valence-corrected chi connectivity index (χ1v) is 9.49. The highest BCUT2D eigenvalue weighted by Gasteiger charge is 2.31. The monoisotopic (exact) mass is 283 g/mol. The molecule has 0 amide bonds. The molecule has 0 radical (unpaired) electrons. The first kappa shape index (κ1) is 14.9. The minimum absolute atomic E-state index is 0.0108. The van der Waals surface area contributed by atoms with E-state index < -0.39 is 5.69 Å². The van der Waals surface area contributed by atoms with E-state index in [2.05, 4.69) is 33.4 Å². The Kier molecular flexibility index (Phi) is 5.30. The third kappa shape index (κ3) is 5.99. The van der Waals surface area contributed by atoms with Crippen molar-refractivity contribution >= 4 is 29.7 Å². The van der Waals surface area contributed by atoms with Gasteiger partial charge in [-0.2, -0.15) is 0 Å². The molecular weight excluding hydrogens is 261 g/mol. The standard InChI is InChI=1S/C10H22NO2PS2/c1-11(2,3)8-10(13-14(12,15)16)9-6-4-5-7-9/h9-10H,4-8H2,1-3H3,(H-,12,15,16). The summed E-state index contributed by atoms with van der Waals surface area (Å²) in [4.78, 5) is 11.5. The van der Waals surface area contributed by atoms with Crippen LogP contribution >= 0.6 is 17.9 Å². The molecule has 0 spiro atoms. The Morgan fingerprint density at radius 2 is 1.94 bits per heavy atom. The molecule has 0 aromatic carbocycles. The van der Waals surface area contributed by atoms with Gasteiger partial charge in [0.15, 0.2) is 0 Å². The van der Waals surface area contributed by atoms with Gasteiger partial charge in [-0.15, -0.1) is 12.2 Å². The molecule has 96 valence electrons. The molecule has 0 heterocycles. The van der Waals surface area contributed by atoms with Crippen LogP contribution in [0.5, 0.6) is 0 Å². The second-order valence-electron chi connectivity index (χ2n) is 5.63. The molecule has 0 aliphatic heterocycles. The van der Waals surface area contributed by atoms with Crippen LogP contribution in [-0.2, 0) is 16.3 Å². The van der Waals surface area contributed by atoms with Crippen LogP contribution in [0.25, 0.3) is 0 Å². The van der Waals surface area contributed by atoms with Gasteiger partial charge >= 0.3 is 0 Å². The molecule has 1 fully saturated rings. The third-order valence-electron chi connectivity index (χ3n) is 2.92. The maximum Gasteiger partial charge on any atom is 0.114 e. The van der Waals surface area contributed by atoms with Crippen molar-refractivity contribution in [2.24, 2.45) is 5.92 Å². The number of hydrogen-bond acceptors (Lipinski definition) is 3. The van der Waals surface area contributed by atoms with Crippen LogP contribution in [-0.4, -0.2) is 38.3 Å². The van der Waals surface area contributed by atoms with Crippen LogP contribution in [0.1, 0.15) is 25.7 Å². The van der Waals surface area contributed by atoms with Crippen molar-refractivity contribution in [3.8, 4) is 0 Å². The summed E-state index contributed by atoms with van der Waals surface area (Å²) in [5.41, 5.74) is -3.09. The molecule has 1 saturated carbocycles. The zero-order valence-electron chi connectivity index (χ0n) is 10.3. The van der Waals surface area contributed by atoms with Gasteiger partial charge in [0.05, 0.1) is 21.1 Å². The zero-order chi connectivity index (χ0) is 12.4. The number of thiol groups is 1. The summed E-state index contributed by atoms with van der Waals surface area (Å²) in [7, 11) is 6.33. The van der Waals surface area contributed by atoms with E-state index in [4.69, 9.17) is 16.3 Å². The Balaban J connectivity index is 2.64. The maximum absolute atomic E-state index is 11.5. The zero-order valence-corrected chi connectivity index (χ0v) is 12.9. The average Bonchev–Trinajstić information content (AvgIpc) is 2.47. The molecule has 0 aromatic rings. The smallest absolute Gasteiger partial charge is 0.114 e. The fraction of sp³-hybridized carbons (Fsp3) is 1.00. The van der Waals surface area contributed by atoms with Crippen LogP contribution in [0.2, 0.25) is 0 Å². The van der Waals surface area contributed by atoms with E-state index in [9.17, 15) is 4.89 Å². The number of likely N-dealkylation sites (N-methyl/N-ethyl adjacent to an activating group) is 1. The SMILES string of the molecule is C[N+](C)(C)CC(OP([O-])(=S)S)C1CCCC1. The molecule has 6 heteroatoms. The van der Waals surface area contributed by atoms with Gasteiger partial charge in [-0.05, 0) is 18.8 Å². The Labute approximate surface area is 109 Å². The molecule has 0 bridgehead atoms. The van der Waals surface area contributed by atoms with Gasteiger partial charge < -0.3 is 13.9 Å². The van der Waals surface area contributed by atoms with Crippen LogP contribution in [0.3, 0.4) is 0 Å². The number of nitrogens with zero attached hydrogens (tertiary/aromatic N) is 1. The summed E-state index contributed by atoms with van der Waals surface area (Å²) in [6.45, 7) is 0.839. The lowest BCUT2D eigenvalue weighted by atomic mass is 10.0. The van der Waals surface area contributed by atoms with E-state index in [-0.39, 0.29) is 6.10 Å². The van der Waals surface area contributed by atoms with Crippen molar-refractivity contribution < 1.29 is 13.9 Å². The molecular formula is C10H22NO2PS2. The van der Waals surface area contributed by atoms with Crippen molar-refractivity contribution in [1.29, 1.82) is 0 Å². The normalized spacial score (nSPS) is 24.3. The highest BCUT2D eigenvalue weighted by atomic mass is 32.9. The van der Waals surface area contributed by atoms with Gasteiger partial charge in [0.2, 0.25) is 0 Å². The number of quaternary nitrogens is 1. The highest BCUT2D eigenvalue weighted by molar-refractivity contribution is 8.59. The number of rotatable bonds is 5. The van der Waals surface area contributed by atoms with Crippen LogP contribution in [0.15, 0.2) is 0 Å². The van der Waals surface area contributed by atoms with Crippen molar-refractivity contribution in [3.05, 3.63) is 0 Å². The molecule has 1 rings (SSSR count). The molecule has 0 saturated heterocycles. The lowest BCUT2D eigenvalue weighted by Crippen LogP contribution is -2.44. The van der Waals surface area contributed by atoms with Gasteiger partial charge in [-0.1, -0.05) is 24.6 Å². The minimum Gasteiger partial charge on any atom is -0.793 e. The lowest BCUT2D eigenvalue weighted by Gasteiger charge is -2.36. The van der Waals surface area contributed by atoms with Crippen molar-refractivity contribution in [3.63, 3.8) is 0 Å². The van der Waals surface area contributed by atoms with E-state index in [0.29, 0.717) is 5.92 Å². The van der Waals surface area contributed by atoms with E-state index in [1.165, 1.54) is 12.8 Å². The maximum atomic E-state index is 11.5. The quantitative estimate of drug-likeness (QED) is 0.474. The summed E-state index contributed by atoms with van der Waals surface area (Å²) < 4.78 is 6.31. The fourth-order valence-electron chi connectivity index (χ4n) is 2.31. The molecule has 2 unspecified atom stereocenters. The largest absolute Gasteiger partial charge is 0.793 e. The topological polar surface area (TPSA) is 32.3 Å². The molecule has 1 aliphatic carbocycles. The molecule has 0 aromatic heterocycles. The van der Waals surface area contributed by atoms with Crippen LogP contribution in [0.4, 0.5) is 0 Å². The molecule has 16 heavy (non-hydrogen) atoms. The van der Waals surface area contributed by atoms with E-state index in [1.807, 2.05) is 0 Å².